The van der Waals surface area contributed by atoms with Crippen LogP contribution in [-0.4, -0.2) is 30.1 Å². The minimum Gasteiger partial charge on any atom is -0.384 e. The van der Waals surface area contributed by atoms with Gasteiger partial charge in [0, 0.05) is 13.1 Å². The van der Waals surface area contributed by atoms with E-state index in [0.29, 0.717) is 5.02 Å². The SMILES string of the molecule is CN1CCC(O)(c2sccc2Cl)CC1. The smallest absolute Gasteiger partial charge is 0.103 e. The number of aliphatic hydroxyl groups is 1. The molecule has 0 spiro atoms. The molecule has 0 aromatic carbocycles. The summed E-state index contributed by atoms with van der Waals surface area (Å²) in [6.07, 6.45) is 1.56. The van der Waals surface area contributed by atoms with Crippen molar-refractivity contribution in [1.29, 1.82) is 0 Å². The average molecular weight is 232 g/mol. The molecule has 1 aliphatic heterocycles. The maximum atomic E-state index is 10.4. The third-order valence-corrected chi connectivity index (χ3v) is 4.39. The van der Waals surface area contributed by atoms with E-state index >= 15 is 0 Å². The summed E-state index contributed by atoms with van der Waals surface area (Å²) in [4.78, 5) is 3.17. The number of halogens is 1. The van der Waals surface area contributed by atoms with Gasteiger partial charge in [0.15, 0.2) is 0 Å². The molecule has 1 aromatic rings. The van der Waals surface area contributed by atoms with Crippen LogP contribution in [0.4, 0.5) is 0 Å². The Morgan fingerprint density at radius 2 is 2.14 bits per heavy atom. The topological polar surface area (TPSA) is 23.5 Å². The summed E-state index contributed by atoms with van der Waals surface area (Å²) in [5, 5.41) is 13.1. The normalized spacial score (nSPS) is 22.5. The molecule has 2 nitrogen and oxygen atoms in total. The quantitative estimate of drug-likeness (QED) is 0.802. The zero-order chi connectivity index (χ0) is 10.2. The minimum atomic E-state index is -0.683. The fourth-order valence-electron chi connectivity index (χ4n) is 1.84. The summed E-state index contributed by atoms with van der Waals surface area (Å²) in [6.45, 7) is 1.87. The molecule has 0 aliphatic carbocycles. The maximum absolute atomic E-state index is 10.4. The molecule has 2 heterocycles. The fourth-order valence-corrected chi connectivity index (χ4v) is 3.23. The van der Waals surface area contributed by atoms with Gasteiger partial charge in [-0.3, -0.25) is 0 Å². The second-order valence-corrected chi connectivity index (χ2v) is 5.26. The summed E-state index contributed by atoms with van der Waals surface area (Å²) < 4.78 is 0. The summed E-state index contributed by atoms with van der Waals surface area (Å²) >= 11 is 7.59. The second kappa shape index (κ2) is 3.81. The van der Waals surface area contributed by atoms with Gasteiger partial charge in [-0.15, -0.1) is 11.3 Å². The van der Waals surface area contributed by atoms with E-state index in [4.69, 9.17) is 11.6 Å². The van der Waals surface area contributed by atoms with E-state index in [-0.39, 0.29) is 0 Å². The molecule has 1 aromatic heterocycles. The number of hydrogen-bond donors (Lipinski definition) is 1. The van der Waals surface area contributed by atoms with Crippen LogP contribution in [0.5, 0.6) is 0 Å². The molecule has 14 heavy (non-hydrogen) atoms. The molecule has 4 heteroatoms. The van der Waals surface area contributed by atoms with Gasteiger partial charge in [-0.05, 0) is 31.3 Å². The molecular weight excluding hydrogens is 218 g/mol. The first-order valence-electron chi connectivity index (χ1n) is 4.76. The number of thiophene rings is 1. The number of likely N-dealkylation sites (tertiary alicyclic amines) is 1. The summed E-state index contributed by atoms with van der Waals surface area (Å²) in [6, 6.07) is 1.86. The van der Waals surface area contributed by atoms with Crippen molar-refractivity contribution in [3.63, 3.8) is 0 Å². The van der Waals surface area contributed by atoms with Gasteiger partial charge in [0.25, 0.3) is 0 Å². The molecule has 1 saturated heterocycles. The van der Waals surface area contributed by atoms with E-state index in [1.165, 1.54) is 0 Å². The summed E-state index contributed by atoms with van der Waals surface area (Å²) in [5.41, 5.74) is -0.683. The molecule has 1 fully saturated rings. The second-order valence-electron chi connectivity index (χ2n) is 3.93. The first-order chi connectivity index (χ1) is 6.62. The summed E-state index contributed by atoms with van der Waals surface area (Å²) in [5.74, 6) is 0. The fraction of sp³-hybridized carbons (Fsp3) is 0.600. The molecule has 1 aliphatic rings. The lowest BCUT2D eigenvalue weighted by atomic mass is 9.90. The highest BCUT2D eigenvalue weighted by atomic mass is 35.5. The van der Waals surface area contributed by atoms with Crippen LogP contribution in [0.2, 0.25) is 5.02 Å². The van der Waals surface area contributed by atoms with Crippen molar-refractivity contribution in [3.05, 3.63) is 21.3 Å². The van der Waals surface area contributed by atoms with Crippen LogP contribution in [0.3, 0.4) is 0 Å². The lowest BCUT2D eigenvalue weighted by Crippen LogP contribution is -2.40. The van der Waals surface area contributed by atoms with Crippen molar-refractivity contribution < 1.29 is 5.11 Å². The van der Waals surface area contributed by atoms with Crippen LogP contribution in [0.25, 0.3) is 0 Å². The maximum Gasteiger partial charge on any atom is 0.103 e. The van der Waals surface area contributed by atoms with Crippen LogP contribution in [0.15, 0.2) is 11.4 Å². The van der Waals surface area contributed by atoms with E-state index in [9.17, 15) is 5.11 Å². The van der Waals surface area contributed by atoms with Crippen molar-refractivity contribution in [2.45, 2.75) is 18.4 Å². The molecule has 0 amide bonds. The van der Waals surface area contributed by atoms with Gasteiger partial charge in [0.05, 0.1) is 9.90 Å². The highest BCUT2D eigenvalue weighted by molar-refractivity contribution is 7.10. The van der Waals surface area contributed by atoms with Crippen LogP contribution in [-0.2, 0) is 5.60 Å². The number of piperidine rings is 1. The molecule has 0 unspecified atom stereocenters. The molecule has 0 atom stereocenters. The molecule has 1 N–H and O–H groups in total. The Labute approximate surface area is 93.1 Å². The first kappa shape index (κ1) is 10.4. The third kappa shape index (κ3) is 1.82. The Morgan fingerprint density at radius 3 is 2.64 bits per heavy atom. The van der Waals surface area contributed by atoms with E-state index < -0.39 is 5.60 Å². The van der Waals surface area contributed by atoms with E-state index in [0.717, 1.165) is 30.8 Å². The van der Waals surface area contributed by atoms with Gasteiger partial charge in [-0.2, -0.15) is 0 Å². The van der Waals surface area contributed by atoms with Crippen molar-refractivity contribution in [3.8, 4) is 0 Å². The van der Waals surface area contributed by atoms with Crippen LogP contribution < -0.4 is 0 Å². The van der Waals surface area contributed by atoms with Crippen LogP contribution >= 0.6 is 22.9 Å². The highest BCUT2D eigenvalue weighted by Crippen LogP contribution is 2.39. The van der Waals surface area contributed by atoms with E-state index in [2.05, 4.69) is 11.9 Å². The van der Waals surface area contributed by atoms with Crippen molar-refractivity contribution in [2.75, 3.05) is 20.1 Å². The predicted molar refractivity (Wildman–Crippen MR) is 60.0 cm³/mol. The average Bonchev–Trinajstić information content (AvgIpc) is 2.58. The monoisotopic (exact) mass is 231 g/mol. The van der Waals surface area contributed by atoms with Gasteiger partial charge in [-0.1, -0.05) is 11.6 Å². The molecule has 2 rings (SSSR count). The van der Waals surface area contributed by atoms with Gasteiger partial charge in [0.1, 0.15) is 5.60 Å². The Hall–Kier alpha value is -0.0900. The molecule has 0 saturated carbocycles. The van der Waals surface area contributed by atoms with Gasteiger partial charge >= 0.3 is 0 Å². The van der Waals surface area contributed by atoms with Crippen molar-refractivity contribution >= 4 is 22.9 Å². The molecule has 78 valence electrons. The molecule has 0 radical (unpaired) electrons. The van der Waals surface area contributed by atoms with Gasteiger partial charge in [0.2, 0.25) is 0 Å². The van der Waals surface area contributed by atoms with Crippen molar-refractivity contribution in [1.82, 2.24) is 4.90 Å². The van der Waals surface area contributed by atoms with Gasteiger partial charge in [-0.25, -0.2) is 0 Å². The number of nitrogens with zero attached hydrogens (tertiary/aromatic N) is 1. The molecule has 0 bridgehead atoms. The summed E-state index contributed by atoms with van der Waals surface area (Å²) in [7, 11) is 2.08. The lowest BCUT2D eigenvalue weighted by Gasteiger charge is -2.36. The van der Waals surface area contributed by atoms with Crippen molar-refractivity contribution in [2.24, 2.45) is 0 Å². The van der Waals surface area contributed by atoms with Crippen LogP contribution in [0, 0.1) is 0 Å². The first-order valence-corrected chi connectivity index (χ1v) is 6.02. The highest BCUT2D eigenvalue weighted by Gasteiger charge is 2.35. The van der Waals surface area contributed by atoms with E-state index in [1.807, 2.05) is 11.4 Å². The van der Waals surface area contributed by atoms with E-state index in [1.54, 1.807) is 11.3 Å². The Balaban J connectivity index is 2.21. The number of rotatable bonds is 1. The Bertz CT molecular complexity index is 318. The minimum absolute atomic E-state index is 0.683. The Morgan fingerprint density at radius 1 is 1.50 bits per heavy atom. The lowest BCUT2D eigenvalue weighted by molar-refractivity contribution is -0.0171. The zero-order valence-corrected chi connectivity index (χ0v) is 9.74. The van der Waals surface area contributed by atoms with Gasteiger partial charge < -0.3 is 10.0 Å². The largest absolute Gasteiger partial charge is 0.384 e. The van der Waals surface area contributed by atoms with Crippen LogP contribution in [0.1, 0.15) is 17.7 Å². The zero-order valence-electron chi connectivity index (χ0n) is 8.16. The number of hydrogen-bond acceptors (Lipinski definition) is 3. The predicted octanol–water partition coefficient (Wildman–Crippen LogP) is 2.31. The molecular formula is C10H14ClNOS. The standard InChI is InChI=1S/C10H14ClNOS/c1-12-5-3-10(13,4-6-12)9-8(11)2-7-14-9/h2,7,13H,3-6H2,1H3. The third-order valence-electron chi connectivity index (χ3n) is 2.85. The Kier molecular flexibility index (Phi) is 2.84.